The van der Waals surface area contributed by atoms with Gasteiger partial charge in [-0.3, -0.25) is 4.79 Å². The quantitative estimate of drug-likeness (QED) is 0.502. The summed E-state index contributed by atoms with van der Waals surface area (Å²) in [5.74, 6) is 6.13. The summed E-state index contributed by atoms with van der Waals surface area (Å²) in [4.78, 5) is 16.8. The van der Waals surface area contributed by atoms with Crippen molar-refractivity contribution >= 4 is 11.0 Å². The molecule has 4 aromatic rings. The third-order valence-electron chi connectivity index (χ3n) is 4.01. The van der Waals surface area contributed by atoms with Crippen LogP contribution in [0.2, 0.25) is 0 Å². The molecular formula is C21H14N2O2. The van der Waals surface area contributed by atoms with Gasteiger partial charge in [0.15, 0.2) is 5.43 Å². The first-order valence-electron chi connectivity index (χ1n) is 7.82. The van der Waals surface area contributed by atoms with Crippen molar-refractivity contribution < 1.29 is 4.42 Å². The van der Waals surface area contributed by atoms with Gasteiger partial charge in [-0.2, -0.15) is 0 Å². The van der Waals surface area contributed by atoms with Crippen molar-refractivity contribution in [2.75, 3.05) is 0 Å². The molecule has 0 radical (unpaired) electrons. The first-order chi connectivity index (χ1) is 12.2. The van der Waals surface area contributed by atoms with Gasteiger partial charge in [0.2, 0.25) is 0 Å². The van der Waals surface area contributed by atoms with Crippen LogP contribution >= 0.6 is 0 Å². The summed E-state index contributed by atoms with van der Waals surface area (Å²) in [7, 11) is 1.89. The van der Waals surface area contributed by atoms with Crippen LogP contribution in [0, 0.1) is 11.8 Å². The van der Waals surface area contributed by atoms with E-state index in [1.165, 1.54) is 6.26 Å². The highest BCUT2D eigenvalue weighted by molar-refractivity contribution is 5.82. The van der Waals surface area contributed by atoms with E-state index >= 15 is 0 Å². The number of fused-ring (bicyclic) bond motifs is 1. The zero-order chi connectivity index (χ0) is 17.2. The van der Waals surface area contributed by atoms with Crippen LogP contribution in [0.5, 0.6) is 0 Å². The van der Waals surface area contributed by atoms with Crippen LogP contribution in [-0.4, -0.2) is 9.55 Å². The Morgan fingerprint density at radius 3 is 2.68 bits per heavy atom. The van der Waals surface area contributed by atoms with Crippen molar-refractivity contribution in [2.24, 2.45) is 7.05 Å². The minimum Gasteiger partial charge on any atom is -0.463 e. The van der Waals surface area contributed by atoms with E-state index in [4.69, 9.17) is 4.42 Å². The lowest BCUT2D eigenvalue weighted by molar-refractivity contribution is 0.604. The summed E-state index contributed by atoms with van der Waals surface area (Å²) in [6.07, 6.45) is 4.92. The van der Waals surface area contributed by atoms with Crippen LogP contribution in [0.4, 0.5) is 0 Å². The summed E-state index contributed by atoms with van der Waals surface area (Å²) < 4.78 is 7.54. The Morgan fingerprint density at radius 1 is 1.08 bits per heavy atom. The molecule has 0 spiro atoms. The Hall–Kier alpha value is -3.58. The van der Waals surface area contributed by atoms with Crippen molar-refractivity contribution in [3.63, 3.8) is 0 Å². The molecule has 4 heteroatoms. The molecule has 0 amide bonds. The standard InChI is InChI=1S/C21H14N2O2/c1-23-14-22-12-17(23)9-7-15-8-10-18-20(11-15)25-13-19(21(18)24)16-5-3-2-4-6-16/h2-6,8,10-14H,1H3. The van der Waals surface area contributed by atoms with Gasteiger partial charge in [-0.1, -0.05) is 36.3 Å². The molecule has 0 fully saturated rings. The van der Waals surface area contributed by atoms with Gasteiger partial charge in [0.25, 0.3) is 0 Å². The molecule has 120 valence electrons. The Labute approximate surface area is 144 Å². The number of aryl methyl sites for hydroxylation is 1. The molecule has 2 aromatic heterocycles. The fourth-order valence-electron chi connectivity index (χ4n) is 2.64. The van der Waals surface area contributed by atoms with E-state index in [1.807, 2.05) is 48.0 Å². The van der Waals surface area contributed by atoms with E-state index in [0.717, 1.165) is 16.8 Å². The van der Waals surface area contributed by atoms with Crippen LogP contribution in [0.25, 0.3) is 22.1 Å². The van der Waals surface area contributed by atoms with E-state index in [0.29, 0.717) is 16.5 Å². The highest BCUT2D eigenvalue weighted by Crippen LogP contribution is 2.20. The van der Waals surface area contributed by atoms with Gasteiger partial charge in [-0.25, -0.2) is 4.98 Å². The normalized spacial score (nSPS) is 10.4. The maximum absolute atomic E-state index is 12.7. The number of imidazole rings is 1. The van der Waals surface area contributed by atoms with E-state index in [9.17, 15) is 4.79 Å². The summed E-state index contributed by atoms with van der Waals surface area (Å²) in [6, 6.07) is 14.9. The average molecular weight is 326 g/mol. The summed E-state index contributed by atoms with van der Waals surface area (Å²) in [5.41, 5.74) is 3.49. The smallest absolute Gasteiger partial charge is 0.200 e. The van der Waals surface area contributed by atoms with Gasteiger partial charge in [0, 0.05) is 12.6 Å². The molecule has 0 saturated heterocycles. The van der Waals surface area contributed by atoms with Crippen molar-refractivity contribution in [3.8, 4) is 23.0 Å². The van der Waals surface area contributed by atoms with Gasteiger partial charge in [0.05, 0.1) is 23.5 Å². The second-order valence-electron chi connectivity index (χ2n) is 5.70. The van der Waals surface area contributed by atoms with Crippen LogP contribution in [0.1, 0.15) is 11.3 Å². The van der Waals surface area contributed by atoms with E-state index in [-0.39, 0.29) is 5.43 Å². The Bertz CT molecular complexity index is 1180. The van der Waals surface area contributed by atoms with Crippen molar-refractivity contribution in [1.29, 1.82) is 0 Å². The Morgan fingerprint density at radius 2 is 1.92 bits per heavy atom. The van der Waals surface area contributed by atoms with Crippen molar-refractivity contribution in [3.05, 3.63) is 88.8 Å². The second kappa shape index (κ2) is 6.14. The summed E-state index contributed by atoms with van der Waals surface area (Å²) in [5, 5.41) is 0.549. The predicted octanol–water partition coefficient (Wildman–Crippen LogP) is 3.59. The number of hydrogen-bond donors (Lipinski definition) is 0. The zero-order valence-electron chi connectivity index (χ0n) is 13.6. The SMILES string of the molecule is Cn1cncc1C#Cc1ccc2c(=O)c(-c3ccccc3)coc2c1. The monoisotopic (exact) mass is 326 g/mol. The summed E-state index contributed by atoms with van der Waals surface area (Å²) >= 11 is 0. The van der Waals surface area contributed by atoms with Crippen molar-refractivity contribution in [2.45, 2.75) is 0 Å². The number of aromatic nitrogens is 2. The highest BCUT2D eigenvalue weighted by atomic mass is 16.3. The van der Waals surface area contributed by atoms with Crippen LogP contribution < -0.4 is 5.43 Å². The number of hydrogen-bond acceptors (Lipinski definition) is 3. The fourth-order valence-corrected chi connectivity index (χ4v) is 2.64. The lowest BCUT2D eigenvalue weighted by atomic mass is 10.0. The fraction of sp³-hybridized carbons (Fsp3) is 0.0476. The minimum atomic E-state index is -0.0430. The maximum atomic E-state index is 12.7. The lowest BCUT2D eigenvalue weighted by Gasteiger charge is -2.03. The maximum Gasteiger partial charge on any atom is 0.200 e. The predicted molar refractivity (Wildman–Crippen MR) is 97.1 cm³/mol. The molecule has 0 aliphatic heterocycles. The molecule has 0 saturated carbocycles. The Balaban J connectivity index is 1.77. The molecule has 0 N–H and O–H groups in total. The van der Waals surface area contributed by atoms with Gasteiger partial charge in [-0.05, 0) is 29.7 Å². The molecule has 2 aromatic carbocycles. The second-order valence-corrected chi connectivity index (χ2v) is 5.70. The van der Waals surface area contributed by atoms with Crippen molar-refractivity contribution in [1.82, 2.24) is 9.55 Å². The lowest BCUT2D eigenvalue weighted by Crippen LogP contribution is -2.04. The van der Waals surface area contributed by atoms with E-state index < -0.39 is 0 Å². The zero-order valence-corrected chi connectivity index (χ0v) is 13.6. The van der Waals surface area contributed by atoms with E-state index in [1.54, 1.807) is 24.7 Å². The molecule has 0 aliphatic rings. The molecule has 0 unspecified atom stereocenters. The molecule has 2 heterocycles. The molecule has 25 heavy (non-hydrogen) atoms. The van der Waals surface area contributed by atoms with Crippen LogP contribution in [0.3, 0.4) is 0 Å². The third kappa shape index (κ3) is 2.84. The molecule has 0 bridgehead atoms. The molecule has 4 nitrogen and oxygen atoms in total. The molecule has 0 aliphatic carbocycles. The number of benzene rings is 2. The Kier molecular flexibility index (Phi) is 3.68. The van der Waals surface area contributed by atoms with Gasteiger partial charge in [-0.15, -0.1) is 0 Å². The largest absolute Gasteiger partial charge is 0.463 e. The molecular weight excluding hydrogens is 312 g/mol. The number of nitrogens with zero attached hydrogens (tertiary/aromatic N) is 2. The first kappa shape index (κ1) is 15.0. The molecule has 4 rings (SSSR count). The van der Waals surface area contributed by atoms with Gasteiger partial charge >= 0.3 is 0 Å². The summed E-state index contributed by atoms with van der Waals surface area (Å²) in [6.45, 7) is 0. The molecule has 0 atom stereocenters. The highest BCUT2D eigenvalue weighted by Gasteiger charge is 2.09. The van der Waals surface area contributed by atoms with E-state index in [2.05, 4.69) is 16.8 Å². The topological polar surface area (TPSA) is 48.0 Å². The van der Waals surface area contributed by atoms with Gasteiger partial charge < -0.3 is 8.98 Å². The van der Waals surface area contributed by atoms with Crippen LogP contribution in [-0.2, 0) is 7.05 Å². The number of rotatable bonds is 1. The minimum absolute atomic E-state index is 0.0430. The first-order valence-corrected chi connectivity index (χ1v) is 7.82. The van der Waals surface area contributed by atoms with Gasteiger partial charge in [0.1, 0.15) is 17.5 Å². The average Bonchev–Trinajstić information content (AvgIpc) is 3.06. The van der Waals surface area contributed by atoms with Crippen LogP contribution in [0.15, 0.2) is 76.5 Å². The third-order valence-corrected chi connectivity index (χ3v) is 4.01.